The maximum Gasteiger partial charge on any atom is 0.0474 e. The molecule has 0 atom stereocenters. The van der Waals surface area contributed by atoms with E-state index in [1.807, 2.05) is 23.5 Å². The summed E-state index contributed by atoms with van der Waals surface area (Å²) in [5, 5.41) is 0. The Morgan fingerprint density at radius 3 is 1.31 bits per heavy atom. The lowest BCUT2D eigenvalue weighted by atomic mass is 9.84. The molecule has 0 bridgehead atoms. The maximum atomic E-state index is 6.26. The van der Waals surface area contributed by atoms with Gasteiger partial charge in [-0.25, -0.2) is 0 Å². The highest BCUT2D eigenvalue weighted by Crippen LogP contribution is 2.54. The van der Waals surface area contributed by atoms with Crippen LogP contribution in [0.15, 0.2) is 105 Å². The third-order valence-corrected chi connectivity index (χ3v) is 8.86. The van der Waals surface area contributed by atoms with E-state index in [0.29, 0.717) is 11.8 Å². The monoisotopic (exact) mass is 488 g/mol. The highest BCUT2D eigenvalue weighted by molar-refractivity contribution is 8.00. The molecule has 0 radical (unpaired) electrons. The van der Waals surface area contributed by atoms with Gasteiger partial charge in [0.25, 0.3) is 0 Å². The molecule has 156 valence electrons. The molecule has 0 spiro atoms. The molecule has 6 rings (SSSR count). The normalized spacial score (nSPS) is 16.1. The fourth-order valence-electron chi connectivity index (χ4n) is 4.48. The Balaban J connectivity index is 1.78. The van der Waals surface area contributed by atoms with Crippen molar-refractivity contribution in [1.82, 2.24) is 0 Å². The predicted molar refractivity (Wildman–Crippen MR) is 138 cm³/mol. The SMILES string of the molecule is ClCc1ccc2c(c1)/C(=C1/c3ccccc3Sc3ccc(CCl)cc31)c1ccccc1S2. The molecule has 2 aliphatic heterocycles. The zero-order valence-electron chi connectivity index (χ0n) is 17.1. The van der Waals surface area contributed by atoms with Crippen LogP contribution in [0, 0.1) is 0 Å². The number of benzene rings is 4. The fourth-order valence-corrected chi connectivity index (χ4v) is 6.95. The average Bonchev–Trinajstić information content (AvgIpc) is 2.85. The molecule has 0 aromatic heterocycles. The minimum Gasteiger partial charge on any atom is -0.122 e. The Kier molecular flexibility index (Phi) is 5.35. The molecule has 0 N–H and O–H groups in total. The smallest absolute Gasteiger partial charge is 0.0474 e. The third-order valence-electron chi connectivity index (χ3n) is 5.94. The van der Waals surface area contributed by atoms with Crippen molar-refractivity contribution < 1.29 is 0 Å². The van der Waals surface area contributed by atoms with Crippen LogP contribution in [0.5, 0.6) is 0 Å². The summed E-state index contributed by atoms with van der Waals surface area (Å²) in [4.78, 5) is 5.11. The number of hydrogen-bond donors (Lipinski definition) is 0. The van der Waals surface area contributed by atoms with Crippen molar-refractivity contribution >= 4 is 57.9 Å². The molecule has 0 fully saturated rings. The summed E-state index contributed by atoms with van der Waals surface area (Å²) in [7, 11) is 0. The molecule has 0 saturated heterocycles. The summed E-state index contributed by atoms with van der Waals surface area (Å²) in [6, 6.07) is 30.7. The van der Waals surface area contributed by atoms with Crippen molar-refractivity contribution in [3.05, 3.63) is 118 Å². The summed E-state index contributed by atoms with van der Waals surface area (Å²) in [5.74, 6) is 1.00. The van der Waals surface area contributed by atoms with Crippen LogP contribution in [-0.4, -0.2) is 0 Å². The van der Waals surface area contributed by atoms with E-state index >= 15 is 0 Å². The third kappa shape index (κ3) is 3.33. The molecule has 32 heavy (non-hydrogen) atoms. The van der Waals surface area contributed by atoms with Gasteiger partial charge in [-0.3, -0.25) is 0 Å². The Labute approximate surface area is 206 Å². The molecule has 4 aromatic carbocycles. The lowest BCUT2D eigenvalue weighted by Gasteiger charge is -2.30. The van der Waals surface area contributed by atoms with Gasteiger partial charge in [0, 0.05) is 31.3 Å². The molecule has 0 unspecified atom stereocenters. The number of hydrogen-bond acceptors (Lipinski definition) is 2. The first-order valence-corrected chi connectivity index (χ1v) is 13.1. The first kappa shape index (κ1) is 20.5. The Morgan fingerprint density at radius 2 is 0.875 bits per heavy atom. The second-order valence-electron chi connectivity index (χ2n) is 7.87. The Bertz CT molecular complexity index is 1300. The number of rotatable bonds is 2. The quantitative estimate of drug-likeness (QED) is 0.223. The van der Waals surface area contributed by atoms with Gasteiger partial charge in [-0.05, 0) is 80.9 Å². The van der Waals surface area contributed by atoms with Crippen LogP contribution < -0.4 is 0 Å². The number of alkyl halides is 2. The molecular weight excluding hydrogens is 471 g/mol. The van der Waals surface area contributed by atoms with Crippen LogP contribution in [0.1, 0.15) is 33.4 Å². The lowest BCUT2D eigenvalue weighted by molar-refractivity contribution is 1.23. The van der Waals surface area contributed by atoms with Gasteiger partial charge in [0.05, 0.1) is 0 Å². The molecule has 0 saturated carbocycles. The topological polar surface area (TPSA) is 0 Å². The maximum absolute atomic E-state index is 6.26. The molecule has 4 heteroatoms. The van der Waals surface area contributed by atoms with Gasteiger partial charge >= 0.3 is 0 Å². The summed E-state index contributed by atoms with van der Waals surface area (Å²) >= 11 is 16.2. The molecule has 2 heterocycles. The molecule has 0 aliphatic carbocycles. The average molecular weight is 489 g/mol. The van der Waals surface area contributed by atoms with E-state index in [1.165, 1.54) is 53.0 Å². The lowest BCUT2D eigenvalue weighted by Crippen LogP contribution is -2.07. The standard InChI is InChI=1S/C28H18Cl2S2/c29-15-17-9-11-25-21(13-17)27(19-5-1-3-7-23(19)31-25)28-20-6-2-4-8-24(20)32-26-12-10-18(16-30)14-22(26)28/h1-14H,15-16H2/b28-27-. The highest BCUT2D eigenvalue weighted by Gasteiger charge is 2.29. The summed E-state index contributed by atoms with van der Waals surface area (Å²) in [5.41, 5.74) is 9.89. The van der Waals surface area contributed by atoms with Crippen molar-refractivity contribution in [2.75, 3.05) is 0 Å². The van der Waals surface area contributed by atoms with Crippen LogP contribution in [-0.2, 0) is 11.8 Å². The van der Waals surface area contributed by atoms with E-state index in [4.69, 9.17) is 23.2 Å². The van der Waals surface area contributed by atoms with E-state index in [0.717, 1.165) is 11.1 Å². The Hall–Kier alpha value is -2.10. The summed E-state index contributed by atoms with van der Waals surface area (Å²) in [6.45, 7) is 0. The van der Waals surface area contributed by atoms with Gasteiger partial charge in [0.2, 0.25) is 0 Å². The molecule has 2 aliphatic rings. The van der Waals surface area contributed by atoms with Crippen LogP contribution in [0.4, 0.5) is 0 Å². The van der Waals surface area contributed by atoms with Crippen molar-refractivity contribution in [2.24, 2.45) is 0 Å². The van der Waals surface area contributed by atoms with Crippen LogP contribution >= 0.6 is 46.7 Å². The van der Waals surface area contributed by atoms with Crippen LogP contribution in [0.3, 0.4) is 0 Å². The summed E-state index contributed by atoms with van der Waals surface area (Å²) < 4.78 is 0. The van der Waals surface area contributed by atoms with Crippen molar-refractivity contribution in [3.8, 4) is 0 Å². The molecule has 0 amide bonds. The van der Waals surface area contributed by atoms with Crippen molar-refractivity contribution in [2.45, 2.75) is 31.3 Å². The van der Waals surface area contributed by atoms with E-state index < -0.39 is 0 Å². The molecule has 4 aromatic rings. The molecular formula is C28H18Cl2S2. The highest BCUT2D eigenvalue weighted by atomic mass is 35.5. The zero-order chi connectivity index (χ0) is 21.7. The second kappa shape index (κ2) is 8.35. The van der Waals surface area contributed by atoms with E-state index in [2.05, 4.69) is 84.9 Å². The van der Waals surface area contributed by atoms with Gasteiger partial charge in [-0.15, -0.1) is 23.2 Å². The largest absolute Gasteiger partial charge is 0.122 e. The second-order valence-corrected chi connectivity index (χ2v) is 10.6. The van der Waals surface area contributed by atoms with Crippen LogP contribution in [0.2, 0.25) is 0 Å². The van der Waals surface area contributed by atoms with Crippen molar-refractivity contribution in [3.63, 3.8) is 0 Å². The van der Waals surface area contributed by atoms with Gasteiger partial charge in [-0.2, -0.15) is 0 Å². The van der Waals surface area contributed by atoms with E-state index in [1.54, 1.807) is 0 Å². The fraction of sp³-hybridized carbons (Fsp3) is 0.0714. The number of halogens is 2. The van der Waals surface area contributed by atoms with E-state index in [-0.39, 0.29) is 0 Å². The van der Waals surface area contributed by atoms with Gasteiger partial charge in [0.15, 0.2) is 0 Å². The van der Waals surface area contributed by atoms with Gasteiger partial charge in [0.1, 0.15) is 0 Å². The Morgan fingerprint density at radius 1 is 0.469 bits per heavy atom. The minimum atomic E-state index is 0.502. The first-order valence-electron chi connectivity index (χ1n) is 10.4. The minimum absolute atomic E-state index is 0.502. The van der Waals surface area contributed by atoms with Gasteiger partial charge in [-0.1, -0.05) is 72.1 Å². The van der Waals surface area contributed by atoms with Crippen molar-refractivity contribution in [1.29, 1.82) is 0 Å². The van der Waals surface area contributed by atoms with Gasteiger partial charge < -0.3 is 0 Å². The van der Waals surface area contributed by atoms with Crippen LogP contribution in [0.25, 0.3) is 11.1 Å². The summed E-state index contributed by atoms with van der Waals surface area (Å²) in [6.07, 6.45) is 0. The van der Waals surface area contributed by atoms with E-state index in [9.17, 15) is 0 Å². The first-order chi connectivity index (χ1) is 15.8. The predicted octanol–water partition coefficient (Wildman–Crippen LogP) is 9.10. The number of fused-ring (bicyclic) bond motifs is 4. The molecule has 0 nitrogen and oxygen atoms in total. The zero-order valence-corrected chi connectivity index (χ0v) is 20.2.